The third kappa shape index (κ3) is 16.2. The summed E-state index contributed by atoms with van der Waals surface area (Å²) in [6.45, 7) is 21.9. The van der Waals surface area contributed by atoms with Crippen LogP contribution in [0.4, 0.5) is 17.1 Å². The van der Waals surface area contributed by atoms with Crippen LogP contribution >= 0.6 is 34.0 Å². The van der Waals surface area contributed by atoms with Crippen LogP contribution in [-0.4, -0.2) is 65.3 Å². The van der Waals surface area contributed by atoms with Gasteiger partial charge in [0.2, 0.25) is 17.7 Å². The third-order valence-electron chi connectivity index (χ3n) is 7.58. The highest BCUT2D eigenvalue weighted by molar-refractivity contribution is 7.13. The number of aryl methyl sites for hydroxylation is 3. The van der Waals surface area contributed by atoms with Gasteiger partial charge in [0.05, 0.1) is 31.7 Å². The number of carbonyl (C=O) groups is 7. The molecule has 300 valence electrons. The smallest absolute Gasteiger partial charge is 0.227 e. The highest BCUT2D eigenvalue weighted by atomic mass is 32.1. The van der Waals surface area contributed by atoms with E-state index in [9.17, 15) is 28.8 Å². The molecular weight excluding hydrogens is 751 g/mol. The Kier molecular flexibility index (Phi) is 23.4. The molecule has 0 bridgehead atoms. The lowest BCUT2D eigenvalue weighted by Gasteiger charge is -2.18. The molecule has 3 aromatic heterocycles. The Hall–Kier alpha value is -3.89. The van der Waals surface area contributed by atoms with Crippen molar-refractivity contribution in [2.24, 2.45) is 23.7 Å². The summed E-state index contributed by atoms with van der Waals surface area (Å²) in [6, 6.07) is 0. The molecule has 0 aliphatic heterocycles. The van der Waals surface area contributed by atoms with Crippen LogP contribution < -0.4 is 16.0 Å². The number of hydrogen-bond donors (Lipinski definition) is 5. The number of carbonyl (C=O) groups excluding carboxylic acids is 7. The van der Waals surface area contributed by atoms with Crippen LogP contribution in [-0.2, 0) is 19.2 Å². The monoisotopic (exact) mass is 807 g/mol. The summed E-state index contributed by atoms with van der Waals surface area (Å²) in [7, 11) is 0. The van der Waals surface area contributed by atoms with E-state index < -0.39 is 13.2 Å². The van der Waals surface area contributed by atoms with Crippen molar-refractivity contribution in [3.05, 3.63) is 47.5 Å². The van der Waals surface area contributed by atoms with Crippen molar-refractivity contribution in [1.82, 2.24) is 0 Å². The zero-order chi connectivity index (χ0) is 41.9. The lowest BCUT2D eigenvalue weighted by Crippen LogP contribution is -2.27. The zero-order valence-corrected chi connectivity index (χ0v) is 35.7. The SMILES string of the molecule is C=O.CC(=O)c1scc(C)c1NC(=O)CC(C)C.CCC(C(=O)Nc1c(C)csc1C(=O)CO)C(C)C.Cc1csc(C(=O)CO)c1NC(=O)CC(C)C. The van der Waals surface area contributed by atoms with Gasteiger partial charge in [0.25, 0.3) is 0 Å². The molecule has 0 aliphatic rings. The van der Waals surface area contributed by atoms with E-state index in [0.717, 1.165) is 23.1 Å². The number of amides is 3. The number of hydrogen-bond acceptors (Lipinski definition) is 12. The van der Waals surface area contributed by atoms with Crippen molar-refractivity contribution in [2.75, 3.05) is 29.2 Å². The van der Waals surface area contributed by atoms with E-state index in [1.165, 1.54) is 40.9 Å². The quantitative estimate of drug-likeness (QED) is 0.0942. The van der Waals surface area contributed by atoms with Crippen molar-refractivity contribution in [3.8, 4) is 0 Å². The fourth-order valence-corrected chi connectivity index (χ4v) is 7.69. The predicted molar refractivity (Wildman–Crippen MR) is 221 cm³/mol. The number of aliphatic hydroxyl groups excluding tert-OH is 2. The number of aliphatic hydroxyl groups is 2. The number of ketones is 3. The maximum Gasteiger partial charge on any atom is 0.227 e. The molecule has 5 N–H and O–H groups in total. The fraction of sp³-hybridized carbons (Fsp3) is 0.513. The summed E-state index contributed by atoms with van der Waals surface area (Å²) in [5.41, 5.74) is 4.43. The Morgan fingerprint density at radius 1 is 0.630 bits per heavy atom. The minimum absolute atomic E-state index is 0.00190. The van der Waals surface area contributed by atoms with Crippen LogP contribution in [0.1, 0.15) is 120 Å². The predicted octanol–water partition coefficient (Wildman–Crippen LogP) is 8.13. The highest BCUT2D eigenvalue weighted by Gasteiger charge is 2.24. The van der Waals surface area contributed by atoms with E-state index in [1.54, 1.807) is 5.38 Å². The van der Waals surface area contributed by atoms with Crippen molar-refractivity contribution < 1.29 is 43.8 Å². The molecule has 3 rings (SSSR count). The molecule has 54 heavy (non-hydrogen) atoms. The Balaban J connectivity index is 0.000000765. The molecule has 0 saturated carbocycles. The number of rotatable bonds is 15. The molecule has 15 heteroatoms. The van der Waals surface area contributed by atoms with Gasteiger partial charge in [-0.05, 0) is 77.8 Å². The molecule has 0 spiro atoms. The lowest BCUT2D eigenvalue weighted by atomic mass is 9.92. The van der Waals surface area contributed by atoms with Gasteiger partial charge in [0.1, 0.15) is 20.0 Å². The lowest BCUT2D eigenvalue weighted by molar-refractivity contribution is -0.121. The number of anilines is 3. The number of Topliss-reactive ketones (excluding diaryl/α,β-unsaturated/α-hetero) is 3. The van der Waals surface area contributed by atoms with Crippen molar-refractivity contribution in [3.63, 3.8) is 0 Å². The Morgan fingerprint density at radius 2 is 0.963 bits per heavy atom. The molecule has 3 amide bonds. The van der Waals surface area contributed by atoms with Gasteiger partial charge in [-0.3, -0.25) is 28.8 Å². The van der Waals surface area contributed by atoms with E-state index in [-0.39, 0.29) is 52.8 Å². The van der Waals surface area contributed by atoms with E-state index in [0.29, 0.717) is 50.5 Å². The van der Waals surface area contributed by atoms with Gasteiger partial charge in [-0.2, -0.15) is 0 Å². The van der Waals surface area contributed by atoms with Crippen LogP contribution in [0, 0.1) is 44.4 Å². The standard InChI is InChI=1S/C14H21NO3S.C12H17NO3S.C12H17NO2S.CH2O/c1-5-10(8(2)3)14(18)15-12-9(4)7-19-13(12)11(17)6-16;1-7(2)4-10(16)13-11-8(3)6-17-12(11)9(15)5-14;1-7(2)5-10(15)13-11-8(3)6-16-12(11)9(4)14;1-2/h7-8,10,16H,5-6H2,1-4H3,(H,15,18);6-7,14H,4-5H2,1-3H3,(H,13,16);6-7H,5H2,1-4H3,(H,13,15);1H2. The van der Waals surface area contributed by atoms with Gasteiger partial charge < -0.3 is 31.0 Å². The molecular formula is C39H57N3O9S3. The molecule has 1 unspecified atom stereocenters. The summed E-state index contributed by atoms with van der Waals surface area (Å²) >= 11 is 3.88. The Morgan fingerprint density at radius 3 is 1.26 bits per heavy atom. The second-order valence-corrected chi connectivity index (χ2v) is 16.3. The van der Waals surface area contributed by atoms with Gasteiger partial charge in [-0.15, -0.1) is 34.0 Å². The summed E-state index contributed by atoms with van der Waals surface area (Å²) in [4.78, 5) is 79.4. The van der Waals surface area contributed by atoms with Gasteiger partial charge in [-0.1, -0.05) is 48.5 Å². The first-order chi connectivity index (χ1) is 25.3. The topological polar surface area (TPSA) is 196 Å². The Labute approximate surface area is 331 Å². The Bertz CT molecular complexity index is 1700. The van der Waals surface area contributed by atoms with Crippen molar-refractivity contribution in [1.29, 1.82) is 0 Å². The normalized spacial score (nSPS) is 11.0. The van der Waals surface area contributed by atoms with E-state index >= 15 is 0 Å². The molecule has 3 heterocycles. The van der Waals surface area contributed by atoms with E-state index in [2.05, 4.69) is 16.0 Å². The van der Waals surface area contributed by atoms with Crippen LogP contribution in [0.3, 0.4) is 0 Å². The average molecular weight is 808 g/mol. The average Bonchev–Trinajstić information content (AvgIpc) is 3.77. The highest BCUT2D eigenvalue weighted by Crippen LogP contribution is 2.31. The zero-order valence-electron chi connectivity index (χ0n) is 33.3. The maximum atomic E-state index is 12.2. The summed E-state index contributed by atoms with van der Waals surface area (Å²) in [5, 5.41) is 31.7. The van der Waals surface area contributed by atoms with Crippen LogP contribution in [0.5, 0.6) is 0 Å². The van der Waals surface area contributed by atoms with Gasteiger partial charge >= 0.3 is 0 Å². The largest absolute Gasteiger partial charge is 0.388 e. The van der Waals surface area contributed by atoms with E-state index in [1.807, 2.05) is 86.8 Å². The second-order valence-electron chi connectivity index (χ2n) is 13.6. The van der Waals surface area contributed by atoms with Gasteiger partial charge in [0, 0.05) is 25.7 Å². The summed E-state index contributed by atoms with van der Waals surface area (Å²) in [5.74, 6) is -0.145. The molecule has 12 nitrogen and oxygen atoms in total. The molecule has 0 fully saturated rings. The first-order valence-corrected chi connectivity index (χ1v) is 20.2. The van der Waals surface area contributed by atoms with Crippen molar-refractivity contribution in [2.45, 2.75) is 95.4 Å². The van der Waals surface area contributed by atoms with Crippen LogP contribution in [0.25, 0.3) is 0 Å². The second kappa shape index (κ2) is 25.2. The van der Waals surface area contributed by atoms with Crippen molar-refractivity contribution >= 4 is 92.9 Å². The van der Waals surface area contributed by atoms with E-state index in [4.69, 9.17) is 15.0 Å². The molecule has 0 saturated heterocycles. The summed E-state index contributed by atoms with van der Waals surface area (Å²) < 4.78 is 0. The molecule has 3 aromatic rings. The minimum Gasteiger partial charge on any atom is -0.388 e. The van der Waals surface area contributed by atoms with Gasteiger partial charge in [0.15, 0.2) is 17.3 Å². The third-order valence-corrected chi connectivity index (χ3v) is 11.1. The minimum atomic E-state index is -0.537. The molecule has 0 aliphatic carbocycles. The number of thiophene rings is 3. The molecule has 0 radical (unpaired) electrons. The first kappa shape index (κ1) is 50.1. The fourth-order valence-electron chi connectivity index (χ4n) is 4.91. The maximum absolute atomic E-state index is 12.2. The first-order valence-electron chi connectivity index (χ1n) is 17.5. The summed E-state index contributed by atoms with van der Waals surface area (Å²) in [6.07, 6.45) is 1.66. The number of nitrogens with one attached hydrogen (secondary N) is 3. The van der Waals surface area contributed by atoms with Gasteiger partial charge in [-0.25, -0.2) is 0 Å². The molecule has 1 atom stereocenters. The van der Waals surface area contributed by atoms with Crippen LogP contribution in [0.15, 0.2) is 16.1 Å². The van der Waals surface area contributed by atoms with Crippen LogP contribution in [0.2, 0.25) is 0 Å². The molecule has 0 aromatic carbocycles.